The van der Waals surface area contributed by atoms with Crippen LogP contribution >= 0.6 is 0 Å². The molecular weight excluding hydrogens is 200 g/mol. The smallest absolute Gasteiger partial charge is 0.176 e. The minimum atomic E-state index is 0.435. The molecule has 83 valence electrons. The van der Waals surface area contributed by atoms with Gasteiger partial charge in [-0.3, -0.25) is 0 Å². The minimum Gasteiger partial charge on any atom is -0.490 e. The molecule has 0 saturated carbocycles. The van der Waals surface area contributed by atoms with Crippen molar-refractivity contribution in [3.63, 3.8) is 0 Å². The van der Waals surface area contributed by atoms with Crippen molar-refractivity contribution in [3.05, 3.63) is 36.4 Å². The molecule has 0 unspecified atom stereocenters. The molecule has 0 N–H and O–H groups in total. The summed E-state index contributed by atoms with van der Waals surface area (Å²) in [6.07, 6.45) is 4.70. The molecule has 1 radical (unpaired) electrons. The minimum absolute atomic E-state index is 0.435. The second-order valence-electron chi connectivity index (χ2n) is 4.19. The average Bonchev–Trinajstić information content (AvgIpc) is 2.69. The van der Waals surface area contributed by atoms with Crippen molar-refractivity contribution < 1.29 is 9.15 Å². The fraction of sp³-hybridized carbons (Fsp3) is 0.357. The molecule has 2 heteroatoms. The SMILES string of the molecule is [CH2]COc1cccc2c3c(oc12)CCCC3. The van der Waals surface area contributed by atoms with Crippen molar-refractivity contribution in [2.45, 2.75) is 25.7 Å². The van der Waals surface area contributed by atoms with Gasteiger partial charge >= 0.3 is 0 Å². The van der Waals surface area contributed by atoms with Gasteiger partial charge in [0.1, 0.15) is 5.76 Å². The van der Waals surface area contributed by atoms with Gasteiger partial charge in [0.05, 0.1) is 6.61 Å². The van der Waals surface area contributed by atoms with Crippen LogP contribution in [0.15, 0.2) is 22.6 Å². The Kier molecular flexibility index (Phi) is 2.35. The summed E-state index contributed by atoms with van der Waals surface area (Å²) < 4.78 is 11.4. The van der Waals surface area contributed by atoms with Gasteiger partial charge in [0.15, 0.2) is 11.3 Å². The van der Waals surface area contributed by atoms with E-state index in [2.05, 4.69) is 13.0 Å². The van der Waals surface area contributed by atoms with Crippen molar-refractivity contribution >= 4 is 11.0 Å². The van der Waals surface area contributed by atoms with Crippen LogP contribution in [-0.4, -0.2) is 6.61 Å². The number of ether oxygens (including phenoxy) is 1. The first-order valence-corrected chi connectivity index (χ1v) is 5.85. The van der Waals surface area contributed by atoms with Gasteiger partial charge in [-0.05, 0) is 32.3 Å². The van der Waals surface area contributed by atoms with Crippen LogP contribution in [0.5, 0.6) is 5.75 Å². The summed E-state index contributed by atoms with van der Waals surface area (Å²) in [5.74, 6) is 1.98. The first-order valence-electron chi connectivity index (χ1n) is 5.85. The maximum Gasteiger partial charge on any atom is 0.176 e. The fourth-order valence-electron chi connectivity index (χ4n) is 2.48. The monoisotopic (exact) mass is 215 g/mol. The lowest BCUT2D eigenvalue weighted by atomic mass is 9.96. The Bertz CT molecular complexity index is 511. The highest BCUT2D eigenvalue weighted by Crippen LogP contribution is 2.36. The van der Waals surface area contributed by atoms with Gasteiger partial charge in [-0.25, -0.2) is 0 Å². The van der Waals surface area contributed by atoms with Crippen molar-refractivity contribution in [2.75, 3.05) is 6.61 Å². The molecule has 3 rings (SSSR count). The first-order chi connectivity index (χ1) is 7.90. The molecule has 2 nitrogen and oxygen atoms in total. The van der Waals surface area contributed by atoms with E-state index in [1.54, 1.807) is 0 Å². The van der Waals surface area contributed by atoms with Gasteiger partial charge in [0.25, 0.3) is 0 Å². The van der Waals surface area contributed by atoms with E-state index >= 15 is 0 Å². The molecule has 0 fully saturated rings. The summed E-state index contributed by atoms with van der Waals surface area (Å²) in [7, 11) is 0. The van der Waals surface area contributed by atoms with Crippen LogP contribution in [0, 0.1) is 6.92 Å². The summed E-state index contributed by atoms with van der Waals surface area (Å²) >= 11 is 0. The van der Waals surface area contributed by atoms with Gasteiger partial charge in [-0.1, -0.05) is 12.1 Å². The molecule has 1 aromatic carbocycles. The zero-order chi connectivity index (χ0) is 11.0. The summed E-state index contributed by atoms with van der Waals surface area (Å²) in [4.78, 5) is 0. The predicted octanol–water partition coefficient (Wildman–Crippen LogP) is 3.52. The average molecular weight is 215 g/mol. The molecule has 1 aliphatic carbocycles. The highest BCUT2D eigenvalue weighted by molar-refractivity contribution is 5.87. The van der Waals surface area contributed by atoms with Crippen molar-refractivity contribution in [1.29, 1.82) is 0 Å². The lowest BCUT2D eigenvalue weighted by Crippen LogP contribution is -1.98. The molecule has 0 atom stereocenters. The van der Waals surface area contributed by atoms with E-state index < -0.39 is 0 Å². The molecule has 2 aromatic rings. The Morgan fingerprint density at radius 1 is 1.25 bits per heavy atom. The van der Waals surface area contributed by atoms with E-state index in [4.69, 9.17) is 9.15 Å². The molecule has 16 heavy (non-hydrogen) atoms. The fourth-order valence-corrected chi connectivity index (χ4v) is 2.48. The van der Waals surface area contributed by atoms with Crippen LogP contribution < -0.4 is 4.74 Å². The number of hydrogen-bond acceptors (Lipinski definition) is 2. The molecule has 0 saturated heterocycles. The third kappa shape index (κ3) is 1.41. The van der Waals surface area contributed by atoms with Crippen molar-refractivity contribution in [3.8, 4) is 5.75 Å². The highest BCUT2D eigenvalue weighted by atomic mass is 16.5. The van der Waals surface area contributed by atoms with Crippen LogP contribution in [0.1, 0.15) is 24.2 Å². The summed E-state index contributed by atoms with van der Waals surface area (Å²) in [5, 5.41) is 1.22. The highest BCUT2D eigenvalue weighted by Gasteiger charge is 2.19. The quantitative estimate of drug-likeness (QED) is 0.764. The van der Waals surface area contributed by atoms with Gasteiger partial charge in [-0.2, -0.15) is 0 Å². The molecule has 1 heterocycles. The molecule has 0 amide bonds. The lowest BCUT2D eigenvalue weighted by Gasteiger charge is -2.08. The van der Waals surface area contributed by atoms with E-state index in [0.717, 1.165) is 29.9 Å². The maximum atomic E-state index is 5.92. The largest absolute Gasteiger partial charge is 0.490 e. The summed E-state index contributed by atoms with van der Waals surface area (Å²) in [5.41, 5.74) is 2.29. The molecule has 0 bridgehead atoms. The maximum absolute atomic E-state index is 5.92. The van der Waals surface area contributed by atoms with Crippen LogP contribution in [0.2, 0.25) is 0 Å². The molecular formula is C14H15O2. The van der Waals surface area contributed by atoms with E-state index in [1.807, 2.05) is 12.1 Å². The van der Waals surface area contributed by atoms with Gasteiger partial charge in [0.2, 0.25) is 0 Å². The van der Waals surface area contributed by atoms with E-state index in [0.29, 0.717) is 6.61 Å². The second-order valence-corrected chi connectivity index (χ2v) is 4.19. The Labute approximate surface area is 95.2 Å². The number of fused-ring (bicyclic) bond motifs is 3. The Morgan fingerprint density at radius 3 is 3.00 bits per heavy atom. The first kappa shape index (κ1) is 9.76. The Hall–Kier alpha value is -1.44. The number of hydrogen-bond donors (Lipinski definition) is 0. The Balaban J connectivity index is 2.21. The van der Waals surface area contributed by atoms with E-state index in [1.165, 1.54) is 23.8 Å². The zero-order valence-corrected chi connectivity index (χ0v) is 9.29. The predicted molar refractivity (Wildman–Crippen MR) is 63.7 cm³/mol. The Morgan fingerprint density at radius 2 is 2.12 bits per heavy atom. The van der Waals surface area contributed by atoms with Crippen LogP contribution in [0.3, 0.4) is 0 Å². The summed E-state index contributed by atoms with van der Waals surface area (Å²) in [6, 6.07) is 6.10. The van der Waals surface area contributed by atoms with Crippen LogP contribution in [0.4, 0.5) is 0 Å². The zero-order valence-electron chi connectivity index (χ0n) is 9.29. The number of para-hydroxylation sites is 1. The van der Waals surface area contributed by atoms with E-state index in [9.17, 15) is 0 Å². The molecule has 1 aromatic heterocycles. The van der Waals surface area contributed by atoms with Gasteiger partial charge in [0, 0.05) is 17.4 Å². The molecule has 0 aliphatic heterocycles. The summed E-state index contributed by atoms with van der Waals surface area (Å²) in [6.45, 7) is 4.14. The molecule has 0 spiro atoms. The third-order valence-electron chi connectivity index (χ3n) is 3.20. The van der Waals surface area contributed by atoms with E-state index in [-0.39, 0.29) is 0 Å². The number of rotatable bonds is 2. The normalized spacial score (nSPS) is 15.1. The van der Waals surface area contributed by atoms with Gasteiger partial charge < -0.3 is 9.15 Å². The topological polar surface area (TPSA) is 22.4 Å². The standard InChI is InChI=1S/C14H15O2/c1-2-15-13-9-5-7-11-10-6-3-4-8-12(10)16-14(11)13/h5,7,9H,1-4,6,8H2. The number of aryl methyl sites for hydroxylation is 2. The molecule has 1 aliphatic rings. The van der Waals surface area contributed by atoms with Crippen LogP contribution in [-0.2, 0) is 12.8 Å². The third-order valence-corrected chi connectivity index (χ3v) is 3.20. The second kappa shape index (κ2) is 3.85. The van der Waals surface area contributed by atoms with Crippen molar-refractivity contribution in [1.82, 2.24) is 0 Å². The lowest BCUT2D eigenvalue weighted by molar-refractivity contribution is 0.357. The number of furan rings is 1. The number of benzene rings is 1. The van der Waals surface area contributed by atoms with Crippen molar-refractivity contribution in [2.24, 2.45) is 0 Å². The van der Waals surface area contributed by atoms with Gasteiger partial charge in [-0.15, -0.1) is 0 Å². The van der Waals surface area contributed by atoms with Crippen LogP contribution in [0.25, 0.3) is 11.0 Å².